The normalized spacial score (nSPS) is 11.2. The highest BCUT2D eigenvalue weighted by Gasteiger charge is 2.22. The minimum absolute atomic E-state index is 0.0561. The average molecular weight is 603 g/mol. The van der Waals surface area contributed by atoms with E-state index in [0.29, 0.717) is 16.7 Å². The van der Waals surface area contributed by atoms with Crippen LogP contribution in [0.5, 0.6) is 0 Å². The predicted molar refractivity (Wildman–Crippen MR) is 168 cm³/mol. The van der Waals surface area contributed by atoms with Crippen LogP contribution in [0, 0.1) is 11.6 Å². The van der Waals surface area contributed by atoms with Crippen molar-refractivity contribution < 1.29 is 28.2 Å². The molecule has 4 aromatic rings. The molecule has 0 fully saturated rings. The van der Waals surface area contributed by atoms with Gasteiger partial charge in [-0.3, -0.25) is 19.6 Å². The summed E-state index contributed by atoms with van der Waals surface area (Å²) >= 11 is 0. The molecule has 0 aliphatic heterocycles. The lowest BCUT2D eigenvalue weighted by atomic mass is 9.88. The van der Waals surface area contributed by atoms with Gasteiger partial charge in [-0.25, -0.2) is 8.78 Å². The third-order valence-electron chi connectivity index (χ3n) is 6.79. The highest BCUT2D eigenvalue weighted by molar-refractivity contribution is 5.80. The fraction of sp³-hybridized carbons (Fsp3) is 0.333. The number of carboxylic acids is 1. The first-order chi connectivity index (χ1) is 20.7. The number of aliphatic carboxylic acids is 1. The molecule has 0 atom stereocenters. The molecule has 0 bridgehead atoms. The van der Waals surface area contributed by atoms with Crippen LogP contribution in [0.2, 0.25) is 0 Å². The minimum Gasteiger partial charge on any atom is -0.481 e. The zero-order valence-electron chi connectivity index (χ0n) is 26.3. The Morgan fingerprint density at radius 3 is 1.45 bits per heavy atom. The molecular formula is C36H40F2N2O4. The summed E-state index contributed by atoms with van der Waals surface area (Å²) in [6.45, 7) is 13.3. The van der Waals surface area contributed by atoms with Crippen molar-refractivity contribution in [3.05, 3.63) is 107 Å². The van der Waals surface area contributed by atoms with Crippen molar-refractivity contribution in [2.24, 2.45) is 0 Å². The van der Waals surface area contributed by atoms with E-state index in [0.717, 1.165) is 27.8 Å². The third kappa shape index (κ3) is 9.53. The summed E-state index contributed by atoms with van der Waals surface area (Å²) in [6, 6.07) is 12.9. The Morgan fingerprint density at radius 2 is 1.11 bits per heavy atom. The van der Waals surface area contributed by atoms with Crippen LogP contribution >= 0.6 is 0 Å². The first-order valence-electron chi connectivity index (χ1n) is 14.5. The van der Waals surface area contributed by atoms with Gasteiger partial charge >= 0.3 is 11.9 Å². The van der Waals surface area contributed by atoms with Gasteiger partial charge in [0.05, 0.1) is 12.8 Å². The fourth-order valence-corrected chi connectivity index (χ4v) is 4.99. The van der Waals surface area contributed by atoms with Gasteiger partial charge in [0.25, 0.3) is 0 Å². The van der Waals surface area contributed by atoms with Gasteiger partial charge in [-0.1, -0.05) is 27.7 Å². The van der Waals surface area contributed by atoms with E-state index in [2.05, 4.69) is 9.97 Å². The van der Waals surface area contributed by atoms with Gasteiger partial charge in [0.1, 0.15) is 17.2 Å². The van der Waals surface area contributed by atoms with Crippen molar-refractivity contribution in [3.63, 3.8) is 0 Å². The van der Waals surface area contributed by atoms with Crippen LogP contribution in [0.1, 0.15) is 82.6 Å². The first-order valence-corrected chi connectivity index (χ1v) is 14.5. The highest BCUT2D eigenvalue weighted by atomic mass is 19.1. The van der Waals surface area contributed by atoms with E-state index in [4.69, 9.17) is 9.84 Å². The largest absolute Gasteiger partial charge is 0.481 e. The molecule has 6 nitrogen and oxygen atoms in total. The maximum atomic E-state index is 14.1. The SMILES string of the molecule is CC(C)c1cc(F)cc(-c2ccncc2)c1CC(=O)O.CC(C)c1cc(F)cc(-c2ccncc2)c1CC(=O)OC(C)(C)C. The summed E-state index contributed by atoms with van der Waals surface area (Å²) in [4.78, 5) is 31.4. The highest BCUT2D eigenvalue weighted by Crippen LogP contribution is 2.33. The molecule has 0 spiro atoms. The number of esters is 1. The number of hydrogen-bond acceptors (Lipinski definition) is 5. The molecule has 2 aromatic carbocycles. The number of carbonyl (C=O) groups excluding carboxylic acids is 1. The summed E-state index contributed by atoms with van der Waals surface area (Å²) in [5.41, 5.74) is 5.44. The minimum atomic E-state index is -0.922. The van der Waals surface area contributed by atoms with E-state index < -0.39 is 11.6 Å². The molecule has 1 N–H and O–H groups in total. The van der Waals surface area contributed by atoms with Crippen molar-refractivity contribution in [1.29, 1.82) is 0 Å². The molecule has 232 valence electrons. The average Bonchev–Trinajstić information content (AvgIpc) is 2.94. The van der Waals surface area contributed by atoms with Crippen molar-refractivity contribution in [1.82, 2.24) is 9.97 Å². The second-order valence-electron chi connectivity index (χ2n) is 12.2. The van der Waals surface area contributed by atoms with E-state index >= 15 is 0 Å². The maximum absolute atomic E-state index is 14.1. The predicted octanol–water partition coefficient (Wildman–Crippen LogP) is 8.53. The molecule has 8 heteroatoms. The Kier molecular flexibility index (Phi) is 11.5. The summed E-state index contributed by atoms with van der Waals surface area (Å²) in [5.74, 6) is -1.74. The molecule has 4 rings (SSSR count). The first kappa shape index (κ1) is 34.0. The number of ether oxygens (including phenoxy) is 1. The van der Waals surface area contributed by atoms with Crippen molar-refractivity contribution in [2.75, 3.05) is 0 Å². The van der Waals surface area contributed by atoms with E-state index in [9.17, 15) is 18.4 Å². The smallest absolute Gasteiger partial charge is 0.310 e. The Hall–Kier alpha value is -4.46. The molecule has 2 heterocycles. The third-order valence-corrected chi connectivity index (χ3v) is 6.79. The second-order valence-corrected chi connectivity index (χ2v) is 12.2. The number of rotatable bonds is 8. The van der Waals surface area contributed by atoms with E-state index in [-0.39, 0.29) is 42.3 Å². The summed E-state index contributed by atoms with van der Waals surface area (Å²) in [7, 11) is 0. The fourth-order valence-electron chi connectivity index (χ4n) is 4.99. The van der Waals surface area contributed by atoms with Crippen molar-refractivity contribution in [3.8, 4) is 22.3 Å². The van der Waals surface area contributed by atoms with Crippen LogP contribution in [-0.2, 0) is 27.2 Å². The van der Waals surface area contributed by atoms with Gasteiger partial charge in [0, 0.05) is 24.8 Å². The molecule has 0 saturated heterocycles. The molecule has 2 aromatic heterocycles. The van der Waals surface area contributed by atoms with Gasteiger partial charge in [0.15, 0.2) is 0 Å². The lowest BCUT2D eigenvalue weighted by molar-refractivity contribution is -0.154. The number of carboxylic acid groups (broad SMARTS) is 1. The van der Waals surface area contributed by atoms with Crippen LogP contribution in [0.3, 0.4) is 0 Å². The Bertz CT molecular complexity index is 1580. The number of pyridine rings is 2. The summed E-state index contributed by atoms with van der Waals surface area (Å²) < 4.78 is 33.4. The number of carbonyl (C=O) groups is 2. The Balaban J connectivity index is 0.000000244. The van der Waals surface area contributed by atoms with Crippen LogP contribution in [-0.4, -0.2) is 32.6 Å². The van der Waals surface area contributed by atoms with Crippen molar-refractivity contribution in [2.45, 2.75) is 78.7 Å². The maximum Gasteiger partial charge on any atom is 0.310 e. The van der Waals surface area contributed by atoms with Crippen LogP contribution in [0.15, 0.2) is 73.3 Å². The molecule has 0 radical (unpaired) electrons. The zero-order valence-corrected chi connectivity index (χ0v) is 26.3. The van der Waals surface area contributed by atoms with Crippen LogP contribution in [0.4, 0.5) is 8.78 Å². The Labute approximate surface area is 258 Å². The lowest BCUT2D eigenvalue weighted by Gasteiger charge is -2.22. The summed E-state index contributed by atoms with van der Waals surface area (Å²) in [5, 5.41) is 9.11. The molecule has 0 amide bonds. The second kappa shape index (κ2) is 14.8. The van der Waals surface area contributed by atoms with Gasteiger partial charge in [-0.05, 0) is 126 Å². The zero-order chi connectivity index (χ0) is 32.6. The summed E-state index contributed by atoms with van der Waals surface area (Å²) in [6.07, 6.45) is 6.53. The number of nitrogens with zero attached hydrogens (tertiary/aromatic N) is 2. The van der Waals surface area contributed by atoms with Crippen LogP contribution < -0.4 is 0 Å². The van der Waals surface area contributed by atoms with E-state index in [1.807, 2.05) is 60.6 Å². The van der Waals surface area contributed by atoms with E-state index in [1.165, 1.54) is 24.3 Å². The monoisotopic (exact) mass is 602 g/mol. The van der Waals surface area contributed by atoms with Crippen molar-refractivity contribution >= 4 is 11.9 Å². The number of benzene rings is 2. The quantitative estimate of drug-likeness (QED) is 0.203. The van der Waals surface area contributed by atoms with Gasteiger partial charge in [0.2, 0.25) is 0 Å². The van der Waals surface area contributed by atoms with Gasteiger partial charge in [-0.15, -0.1) is 0 Å². The molecule has 0 aliphatic rings. The molecular weight excluding hydrogens is 562 g/mol. The van der Waals surface area contributed by atoms with E-state index in [1.54, 1.807) is 36.9 Å². The number of aromatic nitrogens is 2. The molecule has 0 aliphatic carbocycles. The standard InChI is InChI=1S/C20H24FNO2.C16H16FNO2/c1-13(2)16-10-15(21)11-17(14-6-8-22-9-7-14)18(16)12-19(23)24-20(3,4)5;1-10(2)13-7-12(17)8-14(15(13)9-16(19)20)11-3-5-18-6-4-11/h6-11,13H,12H2,1-5H3;3-8,10H,9H2,1-2H3,(H,19,20). The molecule has 0 saturated carbocycles. The topological polar surface area (TPSA) is 89.4 Å². The van der Waals surface area contributed by atoms with Crippen LogP contribution in [0.25, 0.3) is 22.3 Å². The molecule has 44 heavy (non-hydrogen) atoms. The number of hydrogen-bond donors (Lipinski definition) is 1. The lowest BCUT2D eigenvalue weighted by Crippen LogP contribution is -2.25. The van der Waals surface area contributed by atoms with Gasteiger partial charge in [-0.2, -0.15) is 0 Å². The molecule has 0 unspecified atom stereocenters. The number of halogens is 2. The Morgan fingerprint density at radius 1 is 0.727 bits per heavy atom. The van der Waals surface area contributed by atoms with Gasteiger partial charge < -0.3 is 9.84 Å².